The maximum atomic E-state index is 5.75. The summed E-state index contributed by atoms with van der Waals surface area (Å²) >= 11 is 5.75. The molecule has 0 radical (unpaired) electrons. The monoisotopic (exact) mass is 225 g/mol. The van der Waals surface area contributed by atoms with Crippen LogP contribution in [0.1, 0.15) is 31.4 Å². The molecule has 0 heterocycles. The summed E-state index contributed by atoms with van der Waals surface area (Å²) in [4.78, 5) is 2.45. The maximum absolute atomic E-state index is 5.75. The van der Waals surface area contributed by atoms with E-state index in [2.05, 4.69) is 43.0 Å². The molecule has 1 nitrogen and oxygen atoms in total. The third kappa shape index (κ3) is 4.23. The van der Waals surface area contributed by atoms with Gasteiger partial charge in [0, 0.05) is 12.4 Å². The van der Waals surface area contributed by atoms with Gasteiger partial charge in [-0.1, -0.05) is 38.1 Å². The van der Waals surface area contributed by atoms with Crippen LogP contribution in [0.15, 0.2) is 24.3 Å². The lowest BCUT2D eigenvalue weighted by molar-refractivity contribution is 0.280. The van der Waals surface area contributed by atoms with E-state index in [4.69, 9.17) is 11.6 Å². The Morgan fingerprint density at radius 1 is 1.07 bits per heavy atom. The Hall–Kier alpha value is -0.530. The second kappa shape index (κ2) is 6.86. The minimum atomic E-state index is 0.604. The number of alkyl halides is 1. The molecule has 0 aliphatic rings. The van der Waals surface area contributed by atoms with Crippen LogP contribution < -0.4 is 0 Å². The van der Waals surface area contributed by atoms with E-state index in [-0.39, 0.29) is 0 Å². The molecule has 0 unspecified atom stereocenters. The highest BCUT2D eigenvalue weighted by Gasteiger charge is 2.01. The molecule has 0 fully saturated rings. The van der Waals surface area contributed by atoms with Crippen molar-refractivity contribution in [3.05, 3.63) is 35.4 Å². The summed E-state index contributed by atoms with van der Waals surface area (Å²) in [5.74, 6) is 0.604. The quantitative estimate of drug-likeness (QED) is 0.668. The van der Waals surface area contributed by atoms with E-state index >= 15 is 0 Å². The molecule has 0 bridgehead atoms. The molecule has 0 aromatic heterocycles. The summed E-state index contributed by atoms with van der Waals surface area (Å²) in [5, 5.41) is 0. The van der Waals surface area contributed by atoms with Crippen molar-refractivity contribution in [1.29, 1.82) is 0 Å². The highest BCUT2D eigenvalue weighted by Crippen LogP contribution is 2.09. The Balaban J connectivity index is 2.55. The van der Waals surface area contributed by atoms with Gasteiger partial charge in [0.05, 0.1) is 0 Å². The number of rotatable bonds is 6. The van der Waals surface area contributed by atoms with Crippen molar-refractivity contribution >= 4 is 11.6 Å². The van der Waals surface area contributed by atoms with Crippen molar-refractivity contribution < 1.29 is 0 Å². The van der Waals surface area contributed by atoms with E-state index in [1.165, 1.54) is 24.1 Å². The molecule has 15 heavy (non-hydrogen) atoms. The van der Waals surface area contributed by atoms with Crippen molar-refractivity contribution in [2.45, 2.75) is 32.7 Å². The first-order chi connectivity index (χ1) is 7.30. The second-order valence-electron chi connectivity index (χ2n) is 3.82. The van der Waals surface area contributed by atoms with E-state index < -0.39 is 0 Å². The molecule has 0 spiro atoms. The predicted octanol–water partition coefficient (Wildman–Crippen LogP) is 3.66. The van der Waals surface area contributed by atoms with Crippen LogP contribution in [0.2, 0.25) is 0 Å². The summed E-state index contributed by atoms with van der Waals surface area (Å²) in [6, 6.07) is 8.58. The number of hydrogen-bond donors (Lipinski definition) is 0. The summed E-state index contributed by atoms with van der Waals surface area (Å²) in [6.07, 6.45) is 1.22. The normalized spacial score (nSPS) is 10.9. The number of hydrogen-bond acceptors (Lipinski definition) is 1. The van der Waals surface area contributed by atoms with Crippen molar-refractivity contribution in [1.82, 2.24) is 4.90 Å². The summed E-state index contributed by atoms with van der Waals surface area (Å²) < 4.78 is 0. The van der Waals surface area contributed by atoms with Gasteiger partial charge >= 0.3 is 0 Å². The minimum absolute atomic E-state index is 0.604. The summed E-state index contributed by atoms with van der Waals surface area (Å²) in [5.41, 5.74) is 2.57. The average molecular weight is 226 g/mol. The molecule has 0 aliphatic heterocycles. The molecule has 84 valence electrons. The Bertz CT molecular complexity index is 268. The van der Waals surface area contributed by atoms with Crippen LogP contribution in [0.4, 0.5) is 0 Å². The van der Waals surface area contributed by atoms with E-state index in [1.807, 2.05) is 0 Å². The fourth-order valence-corrected chi connectivity index (χ4v) is 1.84. The van der Waals surface area contributed by atoms with Crippen LogP contribution in [0.25, 0.3) is 0 Å². The highest BCUT2D eigenvalue weighted by molar-refractivity contribution is 6.17. The number of nitrogens with zero attached hydrogens (tertiary/aromatic N) is 1. The first kappa shape index (κ1) is 12.5. The zero-order chi connectivity index (χ0) is 11.1. The Morgan fingerprint density at radius 3 is 2.13 bits per heavy atom. The van der Waals surface area contributed by atoms with Gasteiger partial charge in [-0.15, -0.1) is 11.6 Å². The molecule has 1 aromatic carbocycles. The summed E-state index contributed by atoms with van der Waals surface area (Å²) in [7, 11) is 0. The van der Waals surface area contributed by atoms with Gasteiger partial charge in [0.15, 0.2) is 0 Å². The molecule has 0 aliphatic carbocycles. The minimum Gasteiger partial charge on any atom is -0.299 e. The first-order valence-corrected chi connectivity index (χ1v) is 6.19. The van der Waals surface area contributed by atoms with Gasteiger partial charge in [-0.25, -0.2) is 0 Å². The zero-order valence-corrected chi connectivity index (χ0v) is 10.4. The molecular formula is C13H20ClN. The lowest BCUT2D eigenvalue weighted by Crippen LogP contribution is -2.23. The van der Waals surface area contributed by atoms with Crippen LogP contribution in [0, 0.1) is 0 Å². The SMILES string of the molecule is CCCN(CC)Cc1ccc(CCl)cc1. The fourth-order valence-electron chi connectivity index (χ4n) is 1.66. The van der Waals surface area contributed by atoms with Gasteiger partial charge in [0.2, 0.25) is 0 Å². The van der Waals surface area contributed by atoms with Gasteiger partial charge in [-0.3, -0.25) is 4.90 Å². The van der Waals surface area contributed by atoms with Crippen molar-refractivity contribution in [2.24, 2.45) is 0 Å². The second-order valence-corrected chi connectivity index (χ2v) is 4.09. The molecule has 1 aromatic rings. The molecule has 0 saturated carbocycles. The highest BCUT2D eigenvalue weighted by atomic mass is 35.5. The van der Waals surface area contributed by atoms with Gasteiger partial charge in [-0.2, -0.15) is 0 Å². The molecular weight excluding hydrogens is 206 g/mol. The molecule has 1 rings (SSSR count). The van der Waals surface area contributed by atoms with Crippen molar-refractivity contribution in [2.75, 3.05) is 13.1 Å². The summed E-state index contributed by atoms with van der Waals surface area (Å²) in [6.45, 7) is 7.77. The molecule has 0 N–H and O–H groups in total. The number of benzene rings is 1. The first-order valence-electron chi connectivity index (χ1n) is 5.66. The third-order valence-electron chi connectivity index (χ3n) is 2.57. The maximum Gasteiger partial charge on any atom is 0.0474 e. The fraction of sp³-hybridized carbons (Fsp3) is 0.538. The van der Waals surface area contributed by atoms with Gasteiger partial charge in [0.25, 0.3) is 0 Å². The van der Waals surface area contributed by atoms with Crippen molar-refractivity contribution in [3.63, 3.8) is 0 Å². The van der Waals surface area contributed by atoms with Crippen LogP contribution >= 0.6 is 11.6 Å². The topological polar surface area (TPSA) is 3.24 Å². The Morgan fingerprint density at radius 2 is 1.67 bits per heavy atom. The van der Waals surface area contributed by atoms with E-state index in [1.54, 1.807) is 0 Å². The van der Waals surface area contributed by atoms with E-state index in [9.17, 15) is 0 Å². The standard InChI is InChI=1S/C13H20ClN/c1-3-9-15(4-2)11-13-7-5-12(10-14)6-8-13/h5-8H,3-4,9-11H2,1-2H3. The Labute approximate surface area is 98.0 Å². The zero-order valence-electron chi connectivity index (χ0n) is 9.67. The van der Waals surface area contributed by atoms with E-state index in [0.29, 0.717) is 5.88 Å². The van der Waals surface area contributed by atoms with Crippen LogP contribution in [-0.4, -0.2) is 18.0 Å². The number of halogens is 1. The van der Waals surface area contributed by atoms with Crippen LogP contribution in [0.3, 0.4) is 0 Å². The average Bonchev–Trinajstić information content (AvgIpc) is 2.29. The molecule has 2 heteroatoms. The molecule has 0 atom stereocenters. The lowest BCUT2D eigenvalue weighted by atomic mass is 10.1. The van der Waals surface area contributed by atoms with Gasteiger partial charge in [-0.05, 0) is 30.6 Å². The van der Waals surface area contributed by atoms with Crippen LogP contribution in [-0.2, 0) is 12.4 Å². The van der Waals surface area contributed by atoms with Crippen molar-refractivity contribution in [3.8, 4) is 0 Å². The van der Waals surface area contributed by atoms with Crippen LogP contribution in [0.5, 0.6) is 0 Å². The van der Waals surface area contributed by atoms with E-state index in [0.717, 1.165) is 13.1 Å². The molecule has 0 amide bonds. The third-order valence-corrected chi connectivity index (χ3v) is 2.88. The lowest BCUT2D eigenvalue weighted by Gasteiger charge is -2.19. The van der Waals surface area contributed by atoms with Gasteiger partial charge < -0.3 is 0 Å². The molecule has 0 saturated heterocycles. The van der Waals surface area contributed by atoms with Gasteiger partial charge in [0.1, 0.15) is 0 Å². The smallest absolute Gasteiger partial charge is 0.0474 e. The largest absolute Gasteiger partial charge is 0.299 e. The Kier molecular flexibility index (Phi) is 5.74. The predicted molar refractivity (Wildman–Crippen MR) is 67.2 cm³/mol.